The fourth-order valence-corrected chi connectivity index (χ4v) is 3.90. The number of aromatic nitrogens is 2. The second-order valence-corrected chi connectivity index (χ2v) is 8.25. The Bertz CT molecular complexity index is 1580. The Labute approximate surface area is 208 Å². The van der Waals surface area contributed by atoms with Gasteiger partial charge in [-0.25, -0.2) is 4.98 Å². The summed E-state index contributed by atoms with van der Waals surface area (Å²) < 4.78 is 80.7. The van der Waals surface area contributed by atoms with Crippen molar-refractivity contribution in [1.29, 1.82) is 0 Å². The van der Waals surface area contributed by atoms with Gasteiger partial charge in [-0.3, -0.25) is 14.2 Å². The Morgan fingerprint density at radius 1 is 0.973 bits per heavy atom. The van der Waals surface area contributed by atoms with Gasteiger partial charge in [-0.2, -0.15) is 26.3 Å². The Balaban J connectivity index is 1.75. The standard InChI is InChI=1S/C24H14ClF6N3O3/c25-16-9-13(8-15(20(16)35)24(29,30)31)21(36)33-18-7-3-6-17-19(18)22(37)34(11-32-17)10-12-4-1-2-5-14(12)23(26,27)28/h1-9,11,35H,10H2,(H,33,36). The molecule has 0 atom stereocenters. The summed E-state index contributed by atoms with van der Waals surface area (Å²) in [5.74, 6) is -2.33. The smallest absolute Gasteiger partial charge is 0.420 e. The Morgan fingerprint density at radius 3 is 2.32 bits per heavy atom. The van der Waals surface area contributed by atoms with Gasteiger partial charge in [0.1, 0.15) is 5.75 Å². The van der Waals surface area contributed by atoms with Crippen LogP contribution in [0.4, 0.5) is 32.0 Å². The molecule has 0 spiro atoms. The molecule has 192 valence electrons. The second kappa shape index (κ2) is 9.43. The maximum absolute atomic E-state index is 13.4. The number of alkyl halides is 6. The molecule has 0 radical (unpaired) electrons. The average molecular weight is 542 g/mol. The molecule has 4 rings (SSSR count). The first-order valence-electron chi connectivity index (χ1n) is 10.3. The van der Waals surface area contributed by atoms with Crippen LogP contribution in [0.3, 0.4) is 0 Å². The molecule has 0 fully saturated rings. The van der Waals surface area contributed by atoms with Crippen molar-refractivity contribution in [3.8, 4) is 5.75 Å². The van der Waals surface area contributed by atoms with E-state index in [1.165, 1.54) is 36.4 Å². The second-order valence-electron chi connectivity index (χ2n) is 7.84. The third-order valence-electron chi connectivity index (χ3n) is 5.40. The first kappa shape index (κ1) is 26.0. The SMILES string of the molecule is O=C(Nc1cccc2ncn(Cc3ccccc3C(F)(F)F)c(=O)c12)c1cc(Cl)c(O)c(C(F)(F)F)c1. The number of nitrogens with one attached hydrogen (secondary N) is 1. The Hall–Kier alpha value is -4.06. The van der Waals surface area contributed by atoms with Crippen LogP contribution in [0, 0.1) is 0 Å². The van der Waals surface area contributed by atoms with Crippen LogP contribution in [-0.4, -0.2) is 20.6 Å². The monoisotopic (exact) mass is 541 g/mol. The van der Waals surface area contributed by atoms with Crippen molar-refractivity contribution in [3.05, 3.63) is 98.6 Å². The summed E-state index contributed by atoms with van der Waals surface area (Å²) >= 11 is 5.66. The molecule has 37 heavy (non-hydrogen) atoms. The van der Waals surface area contributed by atoms with Gasteiger partial charge in [0, 0.05) is 5.56 Å². The lowest BCUT2D eigenvalue weighted by Crippen LogP contribution is -2.24. The molecule has 0 saturated heterocycles. The maximum atomic E-state index is 13.4. The molecule has 1 heterocycles. The van der Waals surface area contributed by atoms with E-state index in [0.717, 1.165) is 23.0 Å². The van der Waals surface area contributed by atoms with Gasteiger partial charge in [-0.05, 0) is 35.9 Å². The minimum Gasteiger partial charge on any atom is -0.506 e. The van der Waals surface area contributed by atoms with E-state index in [4.69, 9.17) is 11.6 Å². The predicted molar refractivity (Wildman–Crippen MR) is 123 cm³/mol. The highest BCUT2D eigenvalue weighted by molar-refractivity contribution is 6.32. The van der Waals surface area contributed by atoms with Crippen LogP contribution >= 0.6 is 11.6 Å². The first-order valence-corrected chi connectivity index (χ1v) is 10.7. The summed E-state index contributed by atoms with van der Waals surface area (Å²) in [4.78, 5) is 30.0. The number of halogens is 7. The van der Waals surface area contributed by atoms with Gasteiger partial charge in [0.05, 0.1) is 45.6 Å². The van der Waals surface area contributed by atoms with E-state index in [0.29, 0.717) is 6.07 Å². The number of nitrogens with zero attached hydrogens (tertiary/aromatic N) is 2. The van der Waals surface area contributed by atoms with Gasteiger partial charge in [-0.1, -0.05) is 35.9 Å². The van der Waals surface area contributed by atoms with Gasteiger partial charge in [0.15, 0.2) is 0 Å². The lowest BCUT2D eigenvalue weighted by molar-refractivity contribution is -0.139. The molecule has 1 amide bonds. The van der Waals surface area contributed by atoms with Crippen molar-refractivity contribution in [3.63, 3.8) is 0 Å². The Kier molecular flexibility index (Phi) is 6.63. The lowest BCUT2D eigenvalue weighted by Gasteiger charge is -2.15. The van der Waals surface area contributed by atoms with Crippen LogP contribution < -0.4 is 10.9 Å². The minimum atomic E-state index is -5.01. The van der Waals surface area contributed by atoms with E-state index in [1.54, 1.807) is 0 Å². The number of benzene rings is 3. The molecular weight excluding hydrogens is 528 g/mol. The van der Waals surface area contributed by atoms with Crippen molar-refractivity contribution in [2.75, 3.05) is 5.32 Å². The molecule has 6 nitrogen and oxygen atoms in total. The maximum Gasteiger partial charge on any atom is 0.420 e. The number of hydrogen-bond acceptors (Lipinski definition) is 4. The largest absolute Gasteiger partial charge is 0.506 e. The van der Waals surface area contributed by atoms with Crippen LogP contribution in [0.2, 0.25) is 5.02 Å². The van der Waals surface area contributed by atoms with Crippen molar-refractivity contribution >= 4 is 34.1 Å². The molecule has 2 N–H and O–H groups in total. The van der Waals surface area contributed by atoms with E-state index in [9.17, 15) is 41.0 Å². The van der Waals surface area contributed by atoms with Crippen LogP contribution in [0.5, 0.6) is 5.75 Å². The first-order chi connectivity index (χ1) is 17.3. The summed E-state index contributed by atoms with van der Waals surface area (Å²) in [5, 5.41) is 11.0. The molecule has 0 bridgehead atoms. The fraction of sp³-hybridized carbons (Fsp3) is 0.125. The van der Waals surface area contributed by atoms with Gasteiger partial charge in [0.25, 0.3) is 11.5 Å². The summed E-state index contributed by atoms with van der Waals surface area (Å²) in [6.45, 7) is -0.484. The number of aromatic hydroxyl groups is 1. The zero-order chi connectivity index (χ0) is 27.1. The summed E-state index contributed by atoms with van der Waals surface area (Å²) in [7, 11) is 0. The molecule has 0 aliphatic rings. The van der Waals surface area contributed by atoms with Gasteiger partial charge in [-0.15, -0.1) is 0 Å². The van der Waals surface area contributed by atoms with E-state index in [2.05, 4.69) is 10.3 Å². The van der Waals surface area contributed by atoms with Crippen LogP contribution in [0.25, 0.3) is 10.9 Å². The van der Waals surface area contributed by atoms with Gasteiger partial charge >= 0.3 is 12.4 Å². The quantitative estimate of drug-likeness (QED) is 0.306. The molecule has 0 saturated carbocycles. The highest BCUT2D eigenvalue weighted by Crippen LogP contribution is 2.40. The van der Waals surface area contributed by atoms with E-state index in [-0.39, 0.29) is 22.2 Å². The topological polar surface area (TPSA) is 84.2 Å². The van der Waals surface area contributed by atoms with Crippen LogP contribution in [0.15, 0.2) is 65.7 Å². The summed E-state index contributed by atoms with van der Waals surface area (Å²) in [6, 6.07) is 10.00. The van der Waals surface area contributed by atoms with Crippen molar-refractivity contribution < 1.29 is 36.2 Å². The van der Waals surface area contributed by atoms with Crippen LogP contribution in [-0.2, 0) is 18.9 Å². The Morgan fingerprint density at radius 2 is 1.65 bits per heavy atom. The number of phenolic OH excluding ortho intramolecular Hbond substituents is 1. The molecule has 3 aromatic carbocycles. The molecule has 0 aliphatic carbocycles. The van der Waals surface area contributed by atoms with E-state index >= 15 is 0 Å². The van der Waals surface area contributed by atoms with Crippen molar-refractivity contribution in [1.82, 2.24) is 9.55 Å². The molecule has 1 aromatic heterocycles. The minimum absolute atomic E-state index is 0.0860. The number of amides is 1. The number of rotatable bonds is 4. The fourth-order valence-electron chi connectivity index (χ4n) is 3.68. The van der Waals surface area contributed by atoms with E-state index in [1.807, 2.05) is 0 Å². The normalized spacial score (nSPS) is 12.1. The predicted octanol–water partition coefficient (Wildman–Crippen LogP) is 6.09. The van der Waals surface area contributed by atoms with Crippen LogP contribution in [0.1, 0.15) is 27.0 Å². The zero-order valence-electron chi connectivity index (χ0n) is 18.3. The molecule has 13 heteroatoms. The average Bonchev–Trinajstić information content (AvgIpc) is 2.81. The number of carbonyl (C=O) groups is 1. The van der Waals surface area contributed by atoms with Gasteiger partial charge < -0.3 is 10.4 Å². The number of anilines is 1. The number of carbonyl (C=O) groups excluding carboxylic acids is 1. The molecular formula is C24H14ClF6N3O3. The summed E-state index contributed by atoms with van der Waals surface area (Å²) in [6.07, 6.45) is -8.61. The lowest BCUT2D eigenvalue weighted by atomic mass is 10.1. The number of hydrogen-bond donors (Lipinski definition) is 2. The van der Waals surface area contributed by atoms with E-state index < -0.39 is 57.8 Å². The highest BCUT2D eigenvalue weighted by Gasteiger charge is 2.36. The summed E-state index contributed by atoms with van der Waals surface area (Å²) in [5.41, 5.74) is -4.08. The number of phenols is 1. The molecule has 0 aliphatic heterocycles. The third-order valence-corrected chi connectivity index (χ3v) is 5.68. The molecule has 4 aromatic rings. The number of fused-ring (bicyclic) bond motifs is 1. The molecule has 0 unspecified atom stereocenters. The van der Waals surface area contributed by atoms with Crippen molar-refractivity contribution in [2.24, 2.45) is 0 Å². The van der Waals surface area contributed by atoms with Gasteiger partial charge in [0.2, 0.25) is 0 Å². The zero-order valence-corrected chi connectivity index (χ0v) is 19.0. The third kappa shape index (κ3) is 5.24. The highest BCUT2D eigenvalue weighted by atomic mass is 35.5. The van der Waals surface area contributed by atoms with Crippen molar-refractivity contribution in [2.45, 2.75) is 18.9 Å².